The highest BCUT2D eigenvalue weighted by atomic mass is 16.2. The molecule has 1 aromatic heterocycles. The Morgan fingerprint density at radius 2 is 1.74 bits per heavy atom. The van der Waals surface area contributed by atoms with Gasteiger partial charge in [0, 0.05) is 31.3 Å². The first kappa shape index (κ1) is 16.2. The number of nitrogens with zero attached hydrogens (tertiary/aromatic N) is 2. The van der Waals surface area contributed by atoms with Crippen molar-refractivity contribution < 1.29 is 4.79 Å². The van der Waals surface area contributed by atoms with E-state index in [2.05, 4.69) is 54.4 Å². The molecule has 27 heavy (non-hydrogen) atoms. The average molecular weight is 354 g/mol. The van der Waals surface area contributed by atoms with Gasteiger partial charge in [-0.25, -0.2) is 0 Å². The summed E-state index contributed by atoms with van der Waals surface area (Å²) in [5.41, 5.74) is 8.88. The average Bonchev–Trinajstić information content (AvgIpc) is 3.11. The Morgan fingerprint density at radius 3 is 2.52 bits per heavy atom. The molecule has 0 aliphatic carbocycles. The maximum atomic E-state index is 12.2. The van der Waals surface area contributed by atoms with E-state index in [0.717, 1.165) is 19.4 Å². The molecule has 0 N–H and O–H groups in total. The Bertz CT molecular complexity index is 1030. The second-order valence-electron chi connectivity index (χ2n) is 7.62. The maximum absolute atomic E-state index is 12.2. The second kappa shape index (κ2) is 6.34. The fourth-order valence-electron chi connectivity index (χ4n) is 4.63. The van der Waals surface area contributed by atoms with E-state index >= 15 is 0 Å². The zero-order valence-corrected chi connectivity index (χ0v) is 15.5. The number of hydrogen-bond acceptors (Lipinski definition) is 2. The van der Waals surface area contributed by atoms with Gasteiger partial charge in [0.1, 0.15) is 0 Å². The molecule has 1 atom stereocenters. The predicted molar refractivity (Wildman–Crippen MR) is 107 cm³/mol. The molecule has 134 valence electrons. The number of aryl methyl sites for hydroxylation is 2. The van der Waals surface area contributed by atoms with E-state index in [9.17, 15) is 4.79 Å². The molecule has 0 bridgehead atoms. The van der Waals surface area contributed by atoms with Crippen molar-refractivity contribution in [3.63, 3.8) is 0 Å². The minimum atomic E-state index is 0.159. The van der Waals surface area contributed by atoms with Crippen LogP contribution >= 0.6 is 0 Å². The largest absolute Gasteiger partial charge is 0.312 e. The van der Waals surface area contributed by atoms with E-state index < -0.39 is 0 Å². The maximum Gasteiger partial charge on any atom is 0.227 e. The quantitative estimate of drug-likeness (QED) is 0.698. The molecule has 3 aromatic rings. The molecule has 0 saturated carbocycles. The summed E-state index contributed by atoms with van der Waals surface area (Å²) >= 11 is 0. The lowest BCUT2D eigenvalue weighted by molar-refractivity contribution is -0.118. The molecular formula is C24H22N2O. The fraction of sp³-hybridized carbons (Fsp3) is 0.250. The number of carbonyl (C=O) groups is 1. The van der Waals surface area contributed by atoms with Crippen molar-refractivity contribution in [1.82, 2.24) is 4.98 Å². The summed E-state index contributed by atoms with van der Waals surface area (Å²) in [5.74, 6) is 0.434. The number of rotatable bonds is 3. The van der Waals surface area contributed by atoms with Crippen LogP contribution in [-0.4, -0.2) is 17.4 Å². The molecule has 2 aliphatic rings. The van der Waals surface area contributed by atoms with Crippen LogP contribution in [0.1, 0.15) is 45.7 Å². The molecule has 3 heterocycles. The minimum absolute atomic E-state index is 0.159. The van der Waals surface area contributed by atoms with Crippen molar-refractivity contribution in [2.75, 3.05) is 11.4 Å². The van der Waals surface area contributed by atoms with Gasteiger partial charge in [-0.15, -0.1) is 0 Å². The summed E-state index contributed by atoms with van der Waals surface area (Å²) in [5, 5.41) is 0. The molecule has 0 fully saturated rings. The molecule has 0 saturated heterocycles. The van der Waals surface area contributed by atoms with E-state index in [4.69, 9.17) is 0 Å². The van der Waals surface area contributed by atoms with Crippen molar-refractivity contribution in [2.45, 2.75) is 32.1 Å². The number of anilines is 1. The molecule has 2 aliphatic heterocycles. The molecule has 0 spiro atoms. The Morgan fingerprint density at radius 1 is 0.926 bits per heavy atom. The zero-order valence-electron chi connectivity index (χ0n) is 15.5. The smallest absolute Gasteiger partial charge is 0.227 e. The minimum Gasteiger partial charge on any atom is -0.312 e. The molecule has 3 heteroatoms. The third-order valence-corrected chi connectivity index (χ3v) is 5.80. The summed E-state index contributed by atoms with van der Waals surface area (Å²) in [6.07, 6.45) is 6.22. The van der Waals surface area contributed by atoms with Crippen LogP contribution in [0.5, 0.6) is 0 Å². The van der Waals surface area contributed by atoms with E-state index in [-0.39, 0.29) is 11.8 Å². The third kappa shape index (κ3) is 2.74. The topological polar surface area (TPSA) is 33.2 Å². The van der Waals surface area contributed by atoms with Crippen LogP contribution in [0, 0.1) is 6.92 Å². The zero-order chi connectivity index (χ0) is 18.4. The number of aromatic nitrogens is 1. The van der Waals surface area contributed by atoms with Gasteiger partial charge in [-0.1, -0.05) is 48.0 Å². The summed E-state index contributed by atoms with van der Waals surface area (Å²) in [7, 11) is 0. The number of amides is 1. The van der Waals surface area contributed by atoms with Crippen LogP contribution in [0.3, 0.4) is 0 Å². The monoisotopic (exact) mass is 354 g/mol. The van der Waals surface area contributed by atoms with Gasteiger partial charge < -0.3 is 4.90 Å². The molecule has 1 amide bonds. The lowest BCUT2D eigenvalue weighted by Crippen LogP contribution is -2.32. The van der Waals surface area contributed by atoms with Gasteiger partial charge in [-0.2, -0.15) is 0 Å². The summed E-state index contributed by atoms with van der Waals surface area (Å²) < 4.78 is 0. The Balaban J connectivity index is 1.69. The second-order valence-corrected chi connectivity index (χ2v) is 7.62. The van der Waals surface area contributed by atoms with Crippen LogP contribution in [0.2, 0.25) is 0 Å². The predicted octanol–water partition coefficient (Wildman–Crippen LogP) is 4.41. The first-order chi connectivity index (χ1) is 13.2. The van der Waals surface area contributed by atoms with E-state index in [1.165, 1.54) is 39.1 Å². The first-order valence-electron chi connectivity index (χ1n) is 9.63. The van der Waals surface area contributed by atoms with Crippen molar-refractivity contribution in [3.05, 3.63) is 94.3 Å². The van der Waals surface area contributed by atoms with Crippen molar-refractivity contribution in [3.8, 4) is 0 Å². The Hall–Kier alpha value is -2.94. The highest BCUT2D eigenvalue weighted by Gasteiger charge is 2.32. The normalized spacial score (nSPS) is 16.3. The number of hydrogen-bond donors (Lipinski definition) is 0. The van der Waals surface area contributed by atoms with Crippen LogP contribution in [0.4, 0.5) is 5.69 Å². The molecule has 1 unspecified atom stereocenters. The molecule has 5 rings (SSSR count). The van der Waals surface area contributed by atoms with Crippen LogP contribution in [0.15, 0.2) is 60.9 Å². The van der Waals surface area contributed by atoms with Gasteiger partial charge in [0.15, 0.2) is 0 Å². The fourth-order valence-corrected chi connectivity index (χ4v) is 4.63. The summed E-state index contributed by atoms with van der Waals surface area (Å²) in [4.78, 5) is 18.6. The standard InChI is InChI=1S/C24H22N2O/c1-16-4-2-5-17(12-16)23(20-6-3-10-25-15-20)21-13-18-7-8-22(27)26-11-9-19(14-21)24(18)26/h2-6,10,12-15,23H,7-9,11H2,1H3. The van der Waals surface area contributed by atoms with Crippen LogP contribution in [0.25, 0.3) is 0 Å². The van der Waals surface area contributed by atoms with Crippen molar-refractivity contribution in [2.24, 2.45) is 0 Å². The Kier molecular flexibility index (Phi) is 3.82. The SMILES string of the molecule is Cc1cccc(C(c2cccnc2)c2cc3c4c(c2)CCN4C(=O)CC3)c1. The lowest BCUT2D eigenvalue weighted by Gasteiger charge is -2.27. The van der Waals surface area contributed by atoms with Gasteiger partial charge >= 0.3 is 0 Å². The molecule has 3 nitrogen and oxygen atoms in total. The van der Waals surface area contributed by atoms with Crippen molar-refractivity contribution >= 4 is 11.6 Å². The molecule has 2 aromatic carbocycles. The van der Waals surface area contributed by atoms with E-state index in [1.54, 1.807) is 0 Å². The number of carbonyl (C=O) groups excluding carboxylic acids is 1. The van der Waals surface area contributed by atoms with Crippen LogP contribution < -0.4 is 4.90 Å². The number of benzene rings is 2. The van der Waals surface area contributed by atoms with Gasteiger partial charge in [0.05, 0.1) is 5.69 Å². The van der Waals surface area contributed by atoms with Gasteiger partial charge in [-0.3, -0.25) is 9.78 Å². The molecule has 0 radical (unpaired) electrons. The van der Waals surface area contributed by atoms with E-state index in [1.807, 2.05) is 23.4 Å². The van der Waals surface area contributed by atoms with Gasteiger partial charge in [-0.05, 0) is 53.6 Å². The summed E-state index contributed by atoms with van der Waals surface area (Å²) in [6.45, 7) is 2.96. The van der Waals surface area contributed by atoms with Gasteiger partial charge in [0.25, 0.3) is 0 Å². The van der Waals surface area contributed by atoms with E-state index in [0.29, 0.717) is 6.42 Å². The number of pyridine rings is 1. The highest BCUT2D eigenvalue weighted by Crippen LogP contribution is 2.41. The lowest BCUT2D eigenvalue weighted by atomic mass is 9.83. The van der Waals surface area contributed by atoms with Crippen molar-refractivity contribution in [1.29, 1.82) is 0 Å². The first-order valence-corrected chi connectivity index (χ1v) is 9.63. The van der Waals surface area contributed by atoms with Gasteiger partial charge in [0.2, 0.25) is 5.91 Å². The third-order valence-electron chi connectivity index (χ3n) is 5.80. The summed E-state index contributed by atoms with van der Waals surface area (Å²) in [6, 6.07) is 17.6. The molecular weight excluding hydrogens is 332 g/mol. The Labute approximate surface area is 159 Å². The highest BCUT2D eigenvalue weighted by molar-refractivity contribution is 5.98. The van der Waals surface area contributed by atoms with Crippen LogP contribution in [-0.2, 0) is 17.6 Å².